The molecule has 0 spiro atoms. The first-order valence-electron chi connectivity index (χ1n) is 12.5. The maximum atomic E-state index is 14.1. The van der Waals surface area contributed by atoms with Gasteiger partial charge in [0, 0.05) is 30.4 Å². The van der Waals surface area contributed by atoms with Gasteiger partial charge in [-0.1, -0.05) is 12.1 Å². The Morgan fingerprint density at radius 1 is 1.10 bits per heavy atom. The highest BCUT2D eigenvalue weighted by Gasteiger charge is 2.41. The number of nitrogens with zero attached hydrogens (tertiary/aromatic N) is 4. The normalized spacial score (nSPS) is 17.7. The third kappa shape index (κ3) is 5.52. The van der Waals surface area contributed by atoms with E-state index in [9.17, 15) is 31.1 Å². The van der Waals surface area contributed by atoms with E-state index in [1.807, 2.05) is 6.92 Å². The van der Waals surface area contributed by atoms with Crippen molar-refractivity contribution in [3.8, 4) is 0 Å². The zero-order valence-corrected chi connectivity index (χ0v) is 21.3. The summed E-state index contributed by atoms with van der Waals surface area (Å²) in [7, 11) is 1.53. The fourth-order valence-electron chi connectivity index (χ4n) is 5.34. The highest BCUT2D eigenvalue weighted by atomic mass is 19.4. The maximum Gasteiger partial charge on any atom is 0.416 e. The van der Waals surface area contributed by atoms with Crippen molar-refractivity contribution in [3.63, 3.8) is 0 Å². The molecule has 0 saturated heterocycles. The van der Waals surface area contributed by atoms with Crippen molar-refractivity contribution >= 4 is 11.6 Å². The molecule has 12 heteroatoms. The minimum absolute atomic E-state index is 0.0501. The molecular formula is C27H27F6N5O. The van der Waals surface area contributed by atoms with Crippen LogP contribution < -0.4 is 10.2 Å². The summed E-state index contributed by atoms with van der Waals surface area (Å²) < 4.78 is 84.1. The Kier molecular flexibility index (Phi) is 6.72. The van der Waals surface area contributed by atoms with E-state index in [0.717, 1.165) is 25.3 Å². The lowest BCUT2D eigenvalue weighted by molar-refractivity contribution is -0.138. The fourth-order valence-corrected chi connectivity index (χ4v) is 5.34. The number of alkyl halides is 6. The summed E-state index contributed by atoms with van der Waals surface area (Å²) in [6.45, 7) is 1.86. The molecule has 6 nitrogen and oxygen atoms in total. The lowest BCUT2D eigenvalue weighted by Gasteiger charge is -2.39. The van der Waals surface area contributed by atoms with E-state index in [-0.39, 0.29) is 46.8 Å². The molecule has 1 saturated carbocycles. The SMILES string of the molecule is Cn1cnnc1[C@H](CC(F)(F)F)c1cccc(N2Cc3c(cc(CNC4(C)CCC4)cc3C(F)(F)F)C2=O)c1. The number of anilines is 1. The standard InChI is InChI=1S/C27H27F6N5O/c1-25(7-4-8-25)34-13-16-9-19-21(22(10-16)27(31,32)33)14-38(24(19)39)18-6-3-5-17(11-18)20(12-26(28,29)30)23-36-35-15-37(23)2/h3,5-6,9-11,15,20,34H,4,7-8,12-14H2,1-2H3/t20-/m1/s1. The molecule has 1 aromatic heterocycles. The number of aromatic nitrogens is 3. The van der Waals surface area contributed by atoms with Crippen molar-refractivity contribution < 1.29 is 31.1 Å². The molecule has 3 aromatic rings. The molecule has 0 bridgehead atoms. The van der Waals surface area contributed by atoms with E-state index in [2.05, 4.69) is 15.5 Å². The van der Waals surface area contributed by atoms with Crippen LogP contribution in [0.5, 0.6) is 0 Å². The Morgan fingerprint density at radius 2 is 1.85 bits per heavy atom. The Bertz CT molecular complexity index is 1390. The summed E-state index contributed by atoms with van der Waals surface area (Å²) in [6, 6.07) is 8.43. The number of halogens is 6. The molecule has 1 fully saturated rings. The molecule has 5 rings (SSSR count). The van der Waals surface area contributed by atoms with E-state index in [4.69, 9.17) is 0 Å². The van der Waals surface area contributed by atoms with Gasteiger partial charge >= 0.3 is 12.4 Å². The molecule has 2 aliphatic rings. The van der Waals surface area contributed by atoms with E-state index >= 15 is 0 Å². The van der Waals surface area contributed by atoms with Crippen LogP contribution in [0.4, 0.5) is 32.0 Å². The van der Waals surface area contributed by atoms with Crippen molar-refractivity contribution in [3.05, 3.63) is 76.4 Å². The van der Waals surface area contributed by atoms with Gasteiger partial charge in [-0.05, 0) is 67.1 Å². The number of amides is 1. The van der Waals surface area contributed by atoms with E-state index in [1.165, 1.54) is 53.2 Å². The van der Waals surface area contributed by atoms with Gasteiger partial charge in [0.2, 0.25) is 0 Å². The van der Waals surface area contributed by atoms with Crippen LogP contribution in [0.2, 0.25) is 0 Å². The molecule has 2 heterocycles. The molecule has 0 radical (unpaired) electrons. The molecular weight excluding hydrogens is 524 g/mol. The molecule has 1 aliphatic heterocycles. The van der Waals surface area contributed by atoms with Crippen molar-refractivity contribution in [2.75, 3.05) is 4.90 Å². The summed E-state index contributed by atoms with van der Waals surface area (Å²) in [5, 5.41) is 10.8. The van der Waals surface area contributed by atoms with Gasteiger partial charge in [-0.15, -0.1) is 10.2 Å². The van der Waals surface area contributed by atoms with Gasteiger partial charge in [0.05, 0.1) is 24.4 Å². The Labute approximate surface area is 221 Å². The Balaban J connectivity index is 1.48. The third-order valence-electron chi connectivity index (χ3n) is 7.66. The highest BCUT2D eigenvalue weighted by molar-refractivity contribution is 6.10. The van der Waals surface area contributed by atoms with Crippen LogP contribution in [0.1, 0.15) is 77.0 Å². The van der Waals surface area contributed by atoms with Crippen LogP contribution in [-0.2, 0) is 26.3 Å². The van der Waals surface area contributed by atoms with Gasteiger partial charge in [0.1, 0.15) is 12.2 Å². The number of rotatable bonds is 7. The topological polar surface area (TPSA) is 63.1 Å². The Hall–Kier alpha value is -3.41. The first-order valence-corrected chi connectivity index (χ1v) is 12.5. The minimum atomic E-state index is -4.68. The van der Waals surface area contributed by atoms with Crippen molar-refractivity contribution in [2.24, 2.45) is 7.05 Å². The average molecular weight is 552 g/mol. The van der Waals surface area contributed by atoms with Crippen LogP contribution in [0, 0.1) is 0 Å². The quantitative estimate of drug-likeness (QED) is 0.360. The highest BCUT2D eigenvalue weighted by Crippen LogP contribution is 2.41. The number of hydrogen-bond donors (Lipinski definition) is 1. The van der Waals surface area contributed by atoms with Crippen molar-refractivity contribution in [1.29, 1.82) is 0 Å². The summed E-state index contributed by atoms with van der Waals surface area (Å²) in [4.78, 5) is 14.6. The lowest BCUT2D eigenvalue weighted by atomic mass is 9.78. The summed E-state index contributed by atoms with van der Waals surface area (Å²) in [5.74, 6) is -1.76. The Morgan fingerprint density at radius 3 is 2.44 bits per heavy atom. The smallest absolute Gasteiger partial charge is 0.320 e. The lowest BCUT2D eigenvalue weighted by Crippen LogP contribution is -2.47. The first kappa shape index (κ1) is 27.2. The predicted molar refractivity (Wildman–Crippen MR) is 131 cm³/mol. The van der Waals surface area contributed by atoms with Gasteiger partial charge in [0.15, 0.2) is 0 Å². The van der Waals surface area contributed by atoms with E-state index in [0.29, 0.717) is 5.56 Å². The fraction of sp³-hybridized carbons (Fsp3) is 0.444. The monoisotopic (exact) mass is 551 g/mol. The van der Waals surface area contributed by atoms with Gasteiger partial charge in [-0.2, -0.15) is 26.3 Å². The number of nitrogens with one attached hydrogen (secondary N) is 1. The number of carbonyl (C=O) groups is 1. The number of benzene rings is 2. The number of aryl methyl sites for hydroxylation is 1. The largest absolute Gasteiger partial charge is 0.416 e. The van der Waals surface area contributed by atoms with Gasteiger partial charge in [-0.25, -0.2) is 0 Å². The predicted octanol–water partition coefficient (Wildman–Crippen LogP) is 6.11. The van der Waals surface area contributed by atoms with E-state index < -0.39 is 36.2 Å². The van der Waals surface area contributed by atoms with Crippen molar-refractivity contribution in [2.45, 2.75) is 69.5 Å². The molecule has 208 valence electrons. The molecule has 1 N–H and O–H groups in total. The molecule has 1 atom stereocenters. The average Bonchev–Trinajstić information content (AvgIpc) is 3.41. The van der Waals surface area contributed by atoms with Gasteiger partial charge in [-0.3, -0.25) is 4.79 Å². The van der Waals surface area contributed by atoms with Gasteiger partial charge < -0.3 is 14.8 Å². The third-order valence-corrected chi connectivity index (χ3v) is 7.66. The second-order valence-corrected chi connectivity index (χ2v) is 10.6. The van der Waals surface area contributed by atoms with Crippen LogP contribution in [-0.4, -0.2) is 32.4 Å². The number of carbonyl (C=O) groups excluding carboxylic acids is 1. The van der Waals surface area contributed by atoms with Gasteiger partial charge in [0.25, 0.3) is 5.91 Å². The molecule has 2 aromatic carbocycles. The van der Waals surface area contributed by atoms with E-state index in [1.54, 1.807) is 0 Å². The second kappa shape index (κ2) is 9.65. The summed E-state index contributed by atoms with van der Waals surface area (Å²) in [6.07, 6.45) is -6.22. The minimum Gasteiger partial charge on any atom is -0.320 e. The zero-order valence-electron chi connectivity index (χ0n) is 21.3. The molecule has 0 unspecified atom stereocenters. The molecule has 39 heavy (non-hydrogen) atoms. The maximum absolute atomic E-state index is 14.1. The van der Waals surface area contributed by atoms with Crippen LogP contribution in [0.15, 0.2) is 42.7 Å². The zero-order chi connectivity index (χ0) is 28.2. The van der Waals surface area contributed by atoms with Crippen LogP contribution >= 0.6 is 0 Å². The van der Waals surface area contributed by atoms with Crippen LogP contribution in [0.3, 0.4) is 0 Å². The number of fused-ring (bicyclic) bond motifs is 1. The first-order chi connectivity index (χ1) is 18.2. The molecule has 1 aliphatic carbocycles. The summed E-state index contributed by atoms with van der Waals surface area (Å²) >= 11 is 0. The molecule has 1 amide bonds. The van der Waals surface area contributed by atoms with Crippen molar-refractivity contribution in [1.82, 2.24) is 20.1 Å². The van der Waals surface area contributed by atoms with Crippen LogP contribution in [0.25, 0.3) is 0 Å². The summed E-state index contributed by atoms with van der Waals surface area (Å²) in [5.41, 5.74) is -0.425. The number of hydrogen-bond acceptors (Lipinski definition) is 4. The second-order valence-electron chi connectivity index (χ2n) is 10.6.